The van der Waals surface area contributed by atoms with E-state index in [0.717, 1.165) is 10.8 Å². The molecule has 43 heavy (non-hydrogen) atoms. The third-order valence-electron chi connectivity index (χ3n) is 7.98. The molecule has 1 heteroatoms. The molecule has 9 aromatic rings. The van der Waals surface area contributed by atoms with E-state index in [2.05, 4.69) is 0 Å². The van der Waals surface area contributed by atoms with Crippen molar-refractivity contribution in [3.63, 3.8) is 0 Å². The highest BCUT2D eigenvalue weighted by molar-refractivity contribution is 6.22. The van der Waals surface area contributed by atoms with Crippen LogP contribution in [-0.2, 0) is 0 Å². The highest BCUT2D eigenvalue weighted by atomic mass is 16.3. The van der Waals surface area contributed by atoms with E-state index in [1.807, 2.05) is 54.6 Å². The maximum absolute atomic E-state index is 9.61. The van der Waals surface area contributed by atoms with E-state index in [1.165, 1.54) is 0 Å². The lowest BCUT2D eigenvalue weighted by Crippen LogP contribution is -1.91. The zero-order valence-corrected chi connectivity index (χ0v) is 22.6. The molecule has 0 aliphatic carbocycles. The molecule has 1 aromatic heterocycles. The summed E-state index contributed by atoms with van der Waals surface area (Å²) in [4.78, 5) is 0. The molecule has 0 atom stereocenters. The van der Waals surface area contributed by atoms with Crippen molar-refractivity contribution in [2.75, 3.05) is 0 Å². The summed E-state index contributed by atoms with van der Waals surface area (Å²) in [5.74, 6) is 0. The number of hydrogen-bond acceptors (Lipinski definition) is 1. The summed E-state index contributed by atoms with van der Waals surface area (Å²) in [6, 6.07) is 24.0. The predicted octanol–water partition coefficient (Wildman–Crippen LogP) is 12.0. The van der Waals surface area contributed by atoms with Crippen LogP contribution in [0.3, 0.4) is 0 Å². The van der Waals surface area contributed by atoms with E-state index in [4.69, 9.17) is 14.0 Å². The summed E-state index contributed by atoms with van der Waals surface area (Å²) < 4.78 is 104. The van der Waals surface area contributed by atoms with Gasteiger partial charge in [0.1, 0.15) is 11.2 Å². The van der Waals surface area contributed by atoms with Crippen molar-refractivity contribution in [3.8, 4) is 33.4 Å². The Morgan fingerprint density at radius 3 is 1.74 bits per heavy atom. The molecular weight excluding hydrogens is 520 g/mol. The zero-order chi connectivity index (χ0) is 37.9. The Morgan fingerprint density at radius 2 is 1.00 bits per heavy atom. The lowest BCUT2D eigenvalue weighted by molar-refractivity contribution is 0.669. The van der Waals surface area contributed by atoms with E-state index in [0.29, 0.717) is 38.2 Å². The molecule has 0 saturated heterocycles. The molecule has 0 saturated carbocycles. The van der Waals surface area contributed by atoms with E-state index in [1.54, 1.807) is 36.4 Å². The third kappa shape index (κ3) is 3.79. The summed E-state index contributed by atoms with van der Waals surface area (Å²) >= 11 is 0. The Bertz CT molecular complexity index is 3070. The van der Waals surface area contributed by atoms with Gasteiger partial charge in [-0.05, 0) is 95.9 Å². The van der Waals surface area contributed by atoms with Gasteiger partial charge in [0.15, 0.2) is 0 Å². The molecule has 0 spiro atoms. The molecule has 0 bridgehead atoms. The lowest BCUT2D eigenvalue weighted by atomic mass is 9.85. The van der Waals surface area contributed by atoms with Crippen molar-refractivity contribution in [2.24, 2.45) is 0 Å². The number of para-hydroxylation sites is 1. The average molecular weight is 558 g/mol. The summed E-state index contributed by atoms with van der Waals surface area (Å²) in [5, 5.41) is 4.02. The largest absolute Gasteiger partial charge is 0.456 e. The fourth-order valence-electron chi connectivity index (χ4n) is 6.05. The molecule has 0 aliphatic rings. The van der Waals surface area contributed by atoms with Gasteiger partial charge < -0.3 is 4.42 Å². The SMILES string of the molecule is [2H]c1c([2H])c(-c2ccc3ccccc3c2)c([2H])c(-c2c3ccccc3c(-c3c([2H])c([2H])c4oc5c([2H])c([2H])c([2H])c([2H])c5c4c3[2H])c3ccccc23)c1[2H]. The van der Waals surface area contributed by atoms with E-state index in [9.17, 15) is 5.48 Å². The van der Waals surface area contributed by atoms with Crippen LogP contribution in [0, 0.1) is 0 Å². The number of benzene rings is 8. The van der Waals surface area contributed by atoms with Crippen LogP contribution in [0.4, 0.5) is 0 Å². The molecule has 0 aliphatic heterocycles. The van der Waals surface area contributed by atoms with Crippen LogP contribution in [0.25, 0.3) is 87.6 Å². The second-order valence-corrected chi connectivity index (χ2v) is 10.4. The molecule has 0 radical (unpaired) electrons. The molecule has 0 N–H and O–H groups in total. The van der Waals surface area contributed by atoms with E-state index >= 15 is 0 Å². The number of fused-ring (bicyclic) bond motifs is 6. The van der Waals surface area contributed by atoms with Crippen molar-refractivity contribution in [1.29, 1.82) is 0 Å². The monoisotopic (exact) mass is 557 g/mol. The van der Waals surface area contributed by atoms with Gasteiger partial charge >= 0.3 is 0 Å². The Morgan fingerprint density at radius 1 is 0.395 bits per heavy atom. The van der Waals surface area contributed by atoms with Crippen LogP contribution >= 0.6 is 0 Å². The summed E-state index contributed by atoms with van der Waals surface area (Å²) in [7, 11) is 0. The van der Waals surface area contributed by atoms with Gasteiger partial charge in [0.2, 0.25) is 0 Å². The lowest BCUT2D eigenvalue weighted by Gasteiger charge is -2.18. The van der Waals surface area contributed by atoms with Crippen LogP contribution in [-0.4, -0.2) is 0 Å². The van der Waals surface area contributed by atoms with Gasteiger partial charge in [-0.1, -0.05) is 127 Å². The normalized spacial score (nSPS) is 15.3. The molecule has 0 amide bonds. The minimum absolute atomic E-state index is 0.00274. The Hall–Kier alpha value is -5.66. The second-order valence-electron chi connectivity index (χ2n) is 10.4. The Kier molecular flexibility index (Phi) is 3.41. The van der Waals surface area contributed by atoms with Gasteiger partial charge in [-0.3, -0.25) is 0 Å². The van der Waals surface area contributed by atoms with Gasteiger partial charge in [0.25, 0.3) is 0 Å². The fraction of sp³-hybridized carbons (Fsp3) is 0. The predicted molar refractivity (Wildman–Crippen MR) is 183 cm³/mol. The fourth-order valence-corrected chi connectivity index (χ4v) is 6.05. The van der Waals surface area contributed by atoms with Crippen LogP contribution in [0.15, 0.2) is 162 Å². The molecular formula is C42H26O. The van der Waals surface area contributed by atoms with Crippen LogP contribution in [0.2, 0.25) is 0 Å². The Labute approximate surface area is 264 Å². The highest BCUT2D eigenvalue weighted by Gasteiger charge is 2.18. The summed E-state index contributed by atoms with van der Waals surface area (Å²) in [6.45, 7) is 0. The van der Waals surface area contributed by atoms with Gasteiger partial charge in [-0.2, -0.15) is 0 Å². The van der Waals surface area contributed by atoms with Crippen LogP contribution in [0.5, 0.6) is 0 Å². The van der Waals surface area contributed by atoms with Crippen LogP contribution in [0.1, 0.15) is 15.1 Å². The Balaban J connectivity index is 1.42. The standard InChI is InChI=1S/C42H26O/c1-2-11-28-24-30(21-20-27(28)10-1)29-12-9-13-31(25-29)41-34-15-3-5-17-36(34)42(37-18-6-4-16-35(37)41)32-22-23-40-38(26-32)33-14-7-8-19-39(33)43-40/h1-26H/i7D,8D,9D,12D,13D,14D,19D,22D,23D,25D,26D. The third-order valence-corrected chi connectivity index (χ3v) is 7.98. The molecule has 1 nitrogen and oxygen atoms in total. The minimum Gasteiger partial charge on any atom is -0.456 e. The van der Waals surface area contributed by atoms with Gasteiger partial charge in [-0.25, -0.2) is 0 Å². The first-order valence-electron chi connectivity index (χ1n) is 19.4. The molecule has 9 rings (SSSR count). The van der Waals surface area contributed by atoms with Gasteiger partial charge in [0, 0.05) is 10.8 Å². The van der Waals surface area contributed by atoms with Crippen molar-refractivity contribution < 1.29 is 19.5 Å². The van der Waals surface area contributed by atoms with Gasteiger partial charge in [0.05, 0.1) is 15.1 Å². The minimum atomic E-state index is -0.510. The average Bonchev–Trinajstić information content (AvgIpc) is 3.60. The zero-order valence-electron chi connectivity index (χ0n) is 33.6. The van der Waals surface area contributed by atoms with Crippen LogP contribution < -0.4 is 0 Å². The highest BCUT2D eigenvalue weighted by Crippen LogP contribution is 2.45. The molecule has 8 aromatic carbocycles. The first-order valence-corrected chi connectivity index (χ1v) is 13.9. The maximum Gasteiger partial charge on any atom is 0.135 e. The van der Waals surface area contributed by atoms with Crippen molar-refractivity contribution in [3.05, 3.63) is 157 Å². The number of rotatable bonds is 3. The van der Waals surface area contributed by atoms with Crippen molar-refractivity contribution >= 4 is 54.3 Å². The smallest absolute Gasteiger partial charge is 0.135 e. The molecule has 0 fully saturated rings. The number of furan rings is 1. The van der Waals surface area contributed by atoms with Crippen molar-refractivity contribution in [1.82, 2.24) is 0 Å². The van der Waals surface area contributed by atoms with E-state index < -0.39 is 24.2 Å². The molecule has 200 valence electrons. The summed E-state index contributed by atoms with van der Waals surface area (Å²) in [6.07, 6.45) is 0. The summed E-state index contributed by atoms with van der Waals surface area (Å²) in [5.41, 5.74) is 1.52. The second kappa shape index (κ2) is 9.44. The quantitative estimate of drug-likeness (QED) is 0.197. The first-order chi connectivity index (χ1) is 25.9. The molecule has 0 unspecified atom stereocenters. The number of hydrogen-bond donors (Lipinski definition) is 0. The van der Waals surface area contributed by atoms with Gasteiger partial charge in [-0.15, -0.1) is 0 Å². The topological polar surface area (TPSA) is 13.1 Å². The van der Waals surface area contributed by atoms with Crippen molar-refractivity contribution in [2.45, 2.75) is 0 Å². The molecule has 1 heterocycles. The van der Waals surface area contributed by atoms with E-state index in [-0.39, 0.29) is 80.9 Å². The first kappa shape index (κ1) is 15.5. The maximum atomic E-state index is 9.61.